The molecule has 3 aromatic rings. The molecular formula is C28H33NO2. The first-order valence-electron chi connectivity index (χ1n) is 11.5. The van der Waals surface area contributed by atoms with Gasteiger partial charge in [0.25, 0.3) is 0 Å². The Morgan fingerprint density at radius 3 is 2.13 bits per heavy atom. The summed E-state index contributed by atoms with van der Waals surface area (Å²) in [6.45, 7) is 1.47. The van der Waals surface area contributed by atoms with Crippen LogP contribution < -0.4 is 10.1 Å². The summed E-state index contributed by atoms with van der Waals surface area (Å²) in [6.07, 6.45) is 5.19. The number of nitrogens with one attached hydrogen (secondary N) is 1. The second-order valence-corrected chi connectivity index (χ2v) is 8.56. The van der Waals surface area contributed by atoms with Crippen molar-refractivity contribution in [2.24, 2.45) is 0 Å². The molecule has 0 aromatic heterocycles. The first-order valence-corrected chi connectivity index (χ1v) is 11.5. The van der Waals surface area contributed by atoms with E-state index in [0.29, 0.717) is 18.6 Å². The van der Waals surface area contributed by atoms with E-state index in [1.807, 2.05) is 48.5 Å². The van der Waals surface area contributed by atoms with Crippen molar-refractivity contribution in [1.29, 1.82) is 0 Å². The Kier molecular flexibility index (Phi) is 7.76. The van der Waals surface area contributed by atoms with Gasteiger partial charge in [0.1, 0.15) is 12.4 Å². The fourth-order valence-corrected chi connectivity index (χ4v) is 4.47. The standard InChI is InChI=1S/C28H33NO2/c30-28(25-9-5-2-6-10-25)19-20-29-26-15-11-23(12-16-26)24-13-17-27(18-14-24)31-21-22-7-3-1-4-8-22/h1-10,13-14,17-18,23,26,28-30H,11-12,15-16,19-21H2/t23?,26?,28-/m0/s1. The Hall–Kier alpha value is -2.62. The second-order valence-electron chi connectivity index (χ2n) is 8.56. The molecule has 1 aliphatic rings. The van der Waals surface area contributed by atoms with Gasteiger partial charge in [-0.2, -0.15) is 0 Å². The maximum atomic E-state index is 10.3. The van der Waals surface area contributed by atoms with E-state index in [0.717, 1.165) is 24.3 Å². The predicted molar refractivity (Wildman–Crippen MR) is 126 cm³/mol. The molecular weight excluding hydrogens is 382 g/mol. The fourth-order valence-electron chi connectivity index (χ4n) is 4.47. The average Bonchev–Trinajstić information content (AvgIpc) is 2.85. The number of rotatable bonds is 9. The van der Waals surface area contributed by atoms with Crippen LogP contribution in [0.5, 0.6) is 5.75 Å². The SMILES string of the molecule is O[C@@H](CCNC1CCC(c2ccc(OCc3ccccc3)cc2)CC1)c1ccccc1. The Labute approximate surface area is 186 Å². The van der Waals surface area contributed by atoms with Crippen molar-refractivity contribution in [2.75, 3.05) is 6.54 Å². The van der Waals surface area contributed by atoms with Crippen LogP contribution in [0.15, 0.2) is 84.9 Å². The van der Waals surface area contributed by atoms with Gasteiger partial charge in [-0.25, -0.2) is 0 Å². The summed E-state index contributed by atoms with van der Waals surface area (Å²) in [5.41, 5.74) is 3.61. The van der Waals surface area contributed by atoms with Gasteiger partial charge in [0, 0.05) is 6.04 Å². The number of hydrogen-bond donors (Lipinski definition) is 2. The molecule has 0 spiro atoms. The third kappa shape index (κ3) is 6.43. The normalized spacial score (nSPS) is 19.6. The number of aliphatic hydroxyl groups excluding tert-OH is 1. The fraction of sp³-hybridized carbons (Fsp3) is 0.357. The lowest BCUT2D eigenvalue weighted by molar-refractivity contribution is 0.164. The lowest BCUT2D eigenvalue weighted by Gasteiger charge is -2.30. The van der Waals surface area contributed by atoms with Gasteiger partial charge in [0.15, 0.2) is 0 Å². The average molecular weight is 416 g/mol. The molecule has 0 aliphatic heterocycles. The van der Waals surface area contributed by atoms with Gasteiger partial charge in [0.05, 0.1) is 6.10 Å². The summed E-state index contributed by atoms with van der Waals surface area (Å²) in [7, 11) is 0. The van der Waals surface area contributed by atoms with E-state index in [1.54, 1.807) is 0 Å². The van der Waals surface area contributed by atoms with Crippen molar-refractivity contribution >= 4 is 0 Å². The molecule has 3 aromatic carbocycles. The van der Waals surface area contributed by atoms with Gasteiger partial charge >= 0.3 is 0 Å². The van der Waals surface area contributed by atoms with Gasteiger partial charge in [-0.1, -0.05) is 72.8 Å². The highest BCUT2D eigenvalue weighted by Crippen LogP contribution is 2.33. The van der Waals surface area contributed by atoms with E-state index in [1.165, 1.54) is 36.8 Å². The van der Waals surface area contributed by atoms with E-state index >= 15 is 0 Å². The zero-order valence-corrected chi connectivity index (χ0v) is 18.1. The van der Waals surface area contributed by atoms with Crippen LogP contribution in [-0.2, 0) is 6.61 Å². The summed E-state index contributed by atoms with van der Waals surface area (Å²) < 4.78 is 5.92. The summed E-state index contributed by atoms with van der Waals surface area (Å²) in [5, 5.41) is 14.0. The summed E-state index contributed by atoms with van der Waals surface area (Å²) >= 11 is 0. The smallest absolute Gasteiger partial charge is 0.119 e. The van der Waals surface area contributed by atoms with E-state index in [2.05, 4.69) is 41.7 Å². The van der Waals surface area contributed by atoms with Crippen molar-refractivity contribution in [2.45, 2.75) is 56.8 Å². The second kappa shape index (κ2) is 11.1. The highest BCUT2D eigenvalue weighted by Gasteiger charge is 2.22. The molecule has 0 amide bonds. The molecule has 0 heterocycles. The Morgan fingerprint density at radius 2 is 1.45 bits per heavy atom. The molecule has 0 radical (unpaired) electrons. The van der Waals surface area contributed by atoms with Gasteiger partial charge in [-0.15, -0.1) is 0 Å². The van der Waals surface area contributed by atoms with Crippen molar-refractivity contribution < 1.29 is 9.84 Å². The number of hydrogen-bond acceptors (Lipinski definition) is 3. The summed E-state index contributed by atoms with van der Waals surface area (Å²) in [5.74, 6) is 1.57. The molecule has 1 atom stereocenters. The van der Waals surface area contributed by atoms with Crippen molar-refractivity contribution in [3.05, 3.63) is 102 Å². The lowest BCUT2D eigenvalue weighted by Crippen LogP contribution is -2.34. The van der Waals surface area contributed by atoms with Crippen LogP contribution in [0.1, 0.15) is 60.8 Å². The van der Waals surface area contributed by atoms with Gasteiger partial charge < -0.3 is 15.2 Å². The van der Waals surface area contributed by atoms with Gasteiger partial charge in [-0.05, 0) is 73.4 Å². The highest BCUT2D eigenvalue weighted by atomic mass is 16.5. The molecule has 1 aliphatic carbocycles. The van der Waals surface area contributed by atoms with Crippen LogP contribution in [0.2, 0.25) is 0 Å². The van der Waals surface area contributed by atoms with E-state index in [-0.39, 0.29) is 6.10 Å². The quantitative estimate of drug-likeness (QED) is 0.450. The zero-order valence-electron chi connectivity index (χ0n) is 18.1. The maximum absolute atomic E-state index is 10.3. The Balaban J connectivity index is 1.17. The first-order chi connectivity index (χ1) is 15.3. The van der Waals surface area contributed by atoms with Crippen LogP contribution in [-0.4, -0.2) is 17.7 Å². The van der Waals surface area contributed by atoms with Crippen LogP contribution >= 0.6 is 0 Å². The minimum Gasteiger partial charge on any atom is -0.489 e. The molecule has 1 fully saturated rings. The molecule has 2 N–H and O–H groups in total. The minimum absolute atomic E-state index is 0.382. The predicted octanol–water partition coefficient (Wildman–Crippen LogP) is 6.01. The first kappa shape index (κ1) is 21.6. The van der Waals surface area contributed by atoms with Crippen LogP contribution in [0.3, 0.4) is 0 Å². The molecule has 3 heteroatoms. The topological polar surface area (TPSA) is 41.5 Å². The van der Waals surface area contributed by atoms with Crippen molar-refractivity contribution in [3.63, 3.8) is 0 Å². The van der Waals surface area contributed by atoms with Crippen molar-refractivity contribution in [3.8, 4) is 5.75 Å². The van der Waals surface area contributed by atoms with Gasteiger partial charge in [-0.3, -0.25) is 0 Å². The minimum atomic E-state index is -0.382. The zero-order chi connectivity index (χ0) is 21.3. The third-order valence-corrected chi connectivity index (χ3v) is 6.36. The van der Waals surface area contributed by atoms with E-state index in [9.17, 15) is 5.11 Å². The van der Waals surface area contributed by atoms with Crippen LogP contribution in [0.4, 0.5) is 0 Å². The van der Waals surface area contributed by atoms with Gasteiger partial charge in [0.2, 0.25) is 0 Å². The summed E-state index contributed by atoms with van der Waals surface area (Å²) in [6, 6.07) is 29.4. The molecule has 0 unspecified atom stereocenters. The van der Waals surface area contributed by atoms with Crippen LogP contribution in [0, 0.1) is 0 Å². The molecule has 31 heavy (non-hydrogen) atoms. The number of ether oxygens (including phenoxy) is 1. The Bertz CT molecular complexity index is 887. The van der Waals surface area contributed by atoms with Crippen LogP contribution in [0.25, 0.3) is 0 Å². The maximum Gasteiger partial charge on any atom is 0.119 e. The number of aliphatic hydroxyl groups is 1. The van der Waals surface area contributed by atoms with E-state index < -0.39 is 0 Å². The highest BCUT2D eigenvalue weighted by molar-refractivity contribution is 5.30. The molecule has 0 bridgehead atoms. The monoisotopic (exact) mass is 415 g/mol. The Morgan fingerprint density at radius 1 is 0.806 bits per heavy atom. The van der Waals surface area contributed by atoms with E-state index in [4.69, 9.17) is 4.74 Å². The summed E-state index contributed by atoms with van der Waals surface area (Å²) in [4.78, 5) is 0. The lowest BCUT2D eigenvalue weighted by atomic mass is 9.81. The third-order valence-electron chi connectivity index (χ3n) is 6.36. The van der Waals surface area contributed by atoms with Crippen molar-refractivity contribution in [1.82, 2.24) is 5.32 Å². The molecule has 3 nitrogen and oxygen atoms in total. The molecule has 162 valence electrons. The molecule has 1 saturated carbocycles. The number of benzene rings is 3. The molecule has 0 saturated heterocycles. The molecule has 4 rings (SSSR count). The largest absolute Gasteiger partial charge is 0.489 e.